The summed E-state index contributed by atoms with van der Waals surface area (Å²) in [7, 11) is 0. The second kappa shape index (κ2) is 4.30. The van der Waals surface area contributed by atoms with E-state index in [2.05, 4.69) is 26.1 Å². The van der Waals surface area contributed by atoms with E-state index in [1.54, 1.807) is 30.5 Å². The average molecular weight is 306 g/mol. The Hall–Kier alpha value is -2.08. The van der Waals surface area contributed by atoms with Crippen LogP contribution in [0.2, 0.25) is 0 Å². The molecule has 2 heterocycles. The van der Waals surface area contributed by atoms with E-state index in [1.807, 2.05) is 6.07 Å². The van der Waals surface area contributed by atoms with Crippen LogP contribution in [0.15, 0.2) is 50.0 Å². The van der Waals surface area contributed by atoms with Crippen LogP contribution in [0.4, 0.5) is 5.69 Å². The lowest BCUT2D eigenvalue weighted by molar-refractivity contribution is 0.429. The predicted molar refractivity (Wildman–Crippen MR) is 69.5 cm³/mol. The summed E-state index contributed by atoms with van der Waals surface area (Å²) in [5.74, 6) is 1.36. The van der Waals surface area contributed by atoms with Crippen molar-refractivity contribution in [3.8, 4) is 23.0 Å². The standard InChI is InChI=1S/C12H8BrN3O2/c13-9-4-3-7(14)6-8(9)12-15-11(16-18-12)10-2-1-5-17-10/h1-6H,14H2. The van der Waals surface area contributed by atoms with Gasteiger partial charge in [-0.25, -0.2) is 0 Å². The number of benzene rings is 1. The Balaban J connectivity index is 2.05. The molecule has 5 nitrogen and oxygen atoms in total. The first kappa shape index (κ1) is 11.0. The smallest absolute Gasteiger partial charge is 0.259 e. The number of nitrogens with two attached hydrogens (primary N) is 1. The number of halogens is 1. The van der Waals surface area contributed by atoms with Gasteiger partial charge in [0, 0.05) is 10.2 Å². The summed E-state index contributed by atoms with van der Waals surface area (Å²) < 4.78 is 11.2. The van der Waals surface area contributed by atoms with Gasteiger partial charge in [-0.1, -0.05) is 5.16 Å². The highest BCUT2D eigenvalue weighted by molar-refractivity contribution is 9.10. The SMILES string of the molecule is Nc1ccc(Br)c(-c2nc(-c3ccco3)no2)c1. The number of hydrogen-bond acceptors (Lipinski definition) is 5. The maximum atomic E-state index is 5.74. The van der Waals surface area contributed by atoms with E-state index in [0.717, 1.165) is 10.0 Å². The molecule has 18 heavy (non-hydrogen) atoms. The van der Waals surface area contributed by atoms with Crippen LogP contribution in [0.3, 0.4) is 0 Å². The fourth-order valence-corrected chi connectivity index (χ4v) is 1.96. The normalized spacial score (nSPS) is 10.7. The molecule has 0 amide bonds. The van der Waals surface area contributed by atoms with Gasteiger partial charge in [0.05, 0.1) is 11.8 Å². The van der Waals surface area contributed by atoms with E-state index in [4.69, 9.17) is 14.7 Å². The van der Waals surface area contributed by atoms with Crippen LogP contribution in [-0.4, -0.2) is 10.1 Å². The highest BCUT2D eigenvalue weighted by atomic mass is 79.9. The first-order chi connectivity index (χ1) is 8.74. The number of nitrogen functional groups attached to an aromatic ring is 1. The quantitative estimate of drug-likeness (QED) is 0.735. The van der Waals surface area contributed by atoms with E-state index in [0.29, 0.717) is 23.2 Å². The molecule has 0 saturated heterocycles. The van der Waals surface area contributed by atoms with E-state index in [9.17, 15) is 0 Å². The molecule has 0 atom stereocenters. The van der Waals surface area contributed by atoms with Gasteiger partial charge in [-0.2, -0.15) is 4.98 Å². The van der Waals surface area contributed by atoms with Gasteiger partial charge in [-0.15, -0.1) is 0 Å². The third kappa shape index (κ3) is 1.91. The van der Waals surface area contributed by atoms with Crippen molar-refractivity contribution in [2.75, 3.05) is 5.73 Å². The van der Waals surface area contributed by atoms with Gasteiger partial charge >= 0.3 is 0 Å². The largest absolute Gasteiger partial charge is 0.461 e. The van der Waals surface area contributed by atoms with Gasteiger partial charge in [0.25, 0.3) is 5.89 Å². The van der Waals surface area contributed by atoms with E-state index < -0.39 is 0 Å². The van der Waals surface area contributed by atoms with Crippen LogP contribution in [0.25, 0.3) is 23.0 Å². The van der Waals surface area contributed by atoms with Crippen molar-refractivity contribution < 1.29 is 8.94 Å². The Bertz CT molecular complexity index is 676. The van der Waals surface area contributed by atoms with Crippen LogP contribution >= 0.6 is 15.9 Å². The van der Waals surface area contributed by atoms with Crippen molar-refractivity contribution in [2.24, 2.45) is 0 Å². The van der Waals surface area contributed by atoms with Crippen molar-refractivity contribution >= 4 is 21.6 Å². The Morgan fingerprint density at radius 3 is 2.89 bits per heavy atom. The molecular formula is C12H8BrN3O2. The molecule has 0 fully saturated rings. The molecule has 2 N–H and O–H groups in total. The Kier molecular flexibility index (Phi) is 2.64. The number of rotatable bonds is 2. The fraction of sp³-hybridized carbons (Fsp3) is 0. The van der Waals surface area contributed by atoms with E-state index >= 15 is 0 Å². The average Bonchev–Trinajstić information content (AvgIpc) is 3.00. The van der Waals surface area contributed by atoms with Crippen LogP contribution in [0, 0.1) is 0 Å². The zero-order chi connectivity index (χ0) is 12.5. The molecule has 0 aliphatic heterocycles. The van der Waals surface area contributed by atoms with Gasteiger partial charge < -0.3 is 14.7 Å². The molecule has 0 radical (unpaired) electrons. The van der Waals surface area contributed by atoms with Gasteiger partial charge in [0.15, 0.2) is 5.76 Å². The zero-order valence-electron chi connectivity index (χ0n) is 9.13. The molecule has 0 aliphatic rings. The first-order valence-corrected chi connectivity index (χ1v) is 5.96. The lowest BCUT2D eigenvalue weighted by Crippen LogP contribution is -1.87. The molecular weight excluding hydrogens is 298 g/mol. The molecule has 2 aromatic heterocycles. The number of furan rings is 1. The summed E-state index contributed by atoms with van der Waals surface area (Å²) in [5.41, 5.74) is 7.12. The molecule has 3 aromatic rings. The molecule has 0 saturated carbocycles. The van der Waals surface area contributed by atoms with Gasteiger partial charge in [0.2, 0.25) is 5.82 Å². The van der Waals surface area contributed by atoms with Crippen molar-refractivity contribution in [2.45, 2.75) is 0 Å². The third-order valence-corrected chi connectivity index (χ3v) is 3.08. The summed E-state index contributed by atoms with van der Waals surface area (Å²) >= 11 is 3.42. The Morgan fingerprint density at radius 1 is 1.22 bits per heavy atom. The minimum absolute atomic E-state index is 0.389. The maximum absolute atomic E-state index is 5.74. The van der Waals surface area contributed by atoms with Crippen molar-refractivity contribution in [3.63, 3.8) is 0 Å². The maximum Gasteiger partial charge on any atom is 0.259 e. The molecule has 0 bridgehead atoms. The van der Waals surface area contributed by atoms with Crippen LogP contribution in [0.5, 0.6) is 0 Å². The summed E-state index contributed by atoms with van der Waals surface area (Å²) in [6, 6.07) is 8.92. The van der Waals surface area contributed by atoms with E-state index in [-0.39, 0.29) is 0 Å². The molecule has 0 spiro atoms. The monoisotopic (exact) mass is 305 g/mol. The number of hydrogen-bond donors (Lipinski definition) is 1. The first-order valence-electron chi connectivity index (χ1n) is 5.17. The fourth-order valence-electron chi connectivity index (χ4n) is 1.55. The van der Waals surface area contributed by atoms with Crippen LogP contribution < -0.4 is 5.73 Å². The van der Waals surface area contributed by atoms with Crippen molar-refractivity contribution in [1.82, 2.24) is 10.1 Å². The molecule has 0 aliphatic carbocycles. The topological polar surface area (TPSA) is 78.1 Å². The Labute approximate surface area is 111 Å². The molecule has 6 heteroatoms. The Morgan fingerprint density at radius 2 is 2.11 bits per heavy atom. The lowest BCUT2D eigenvalue weighted by Gasteiger charge is -1.99. The minimum Gasteiger partial charge on any atom is -0.461 e. The summed E-state index contributed by atoms with van der Waals surface area (Å²) in [4.78, 5) is 4.27. The van der Waals surface area contributed by atoms with Crippen molar-refractivity contribution in [3.05, 3.63) is 41.1 Å². The molecule has 0 unspecified atom stereocenters. The van der Waals surface area contributed by atoms with Gasteiger partial charge in [-0.3, -0.25) is 0 Å². The number of anilines is 1. The number of nitrogens with zero attached hydrogens (tertiary/aromatic N) is 2. The molecule has 90 valence electrons. The number of aromatic nitrogens is 2. The van der Waals surface area contributed by atoms with Gasteiger partial charge in [-0.05, 0) is 46.3 Å². The van der Waals surface area contributed by atoms with Crippen molar-refractivity contribution in [1.29, 1.82) is 0 Å². The predicted octanol–water partition coefficient (Wildman–Crippen LogP) is 3.34. The van der Waals surface area contributed by atoms with E-state index in [1.165, 1.54) is 0 Å². The van der Waals surface area contributed by atoms with Gasteiger partial charge in [0.1, 0.15) is 0 Å². The molecule has 1 aromatic carbocycles. The lowest BCUT2D eigenvalue weighted by atomic mass is 10.2. The highest BCUT2D eigenvalue weighted by Crippen LogP contribution is 2.30. The summed E-state index contributed by atoms with van der Waals surface area (Å²) in [6.45, 7) is 0. The minimum atomic E-state index is 0.389. The summed E-state index contributed by atoms with van der Waals surface area (Å²) in [5, 5.41) is 3.86. The second-order valence-electron chi connectivity index (χ2n) is 3.64. The van der Waals surface area contributed by atoms with Crippen LogP contribution in [0.1, 0.15) is 0 Å². The third-order valence-electron chi connectivity index (χ3n) is 2.39. The zero-order valence-corrected chi connectivity index (χ0v) is 10.7. The second-order valence-corrected chi connectivity index (χ2v) is 4.49. The van der Waals surface area contributed by atoms with Crippen LogP contribution in [-0.2, 0) is 0 Å². The highest BCUT2D eigenvalue weighted by Gasteiger charge is 2.14. The molecule has 3 rings (SSSR count). The summed E-state index contributed by atoms with van der Waals surface area (Å²) in [6.07, 6.45) is 1.56.